The average molecular weight is 481 g/mol. The maximum atomic E-state index is 7.79. The molecule has 144 valence electrons. The van der Waals surface area contributed by atoms with Crippen LogP contribution in [0.5, 0.6) is 0 Å². The van der Waals surface area contributed by atoms with Crippen LogP contribution in [0.4, 0.5) is 0 Å². The molecule has 0 fully saturated rings. The summed E-state index contributed by atoms with van der Waals surface area (Å²) in [5.74, 6) is 0. The molecule has 0 radical (unpaired) electrons. The summed E-state index contributed by atoms with van der Waals surface area (Å²) in [7, 11) is 15.6. The van der Waals surface area contributed by atoms with Crippen LogP contribution >= 0.6 is 17.0 Å². The zero-order valence-electron chi connectivity index (χ0n) is 17.2. The van der Waals surface area contributed by atoms with Gasteiger partial charge < -0.3 is 0 Å². The third kappa shape index (κ3) is 2.83. The van der Waals surface area contributed by atoms with E-state index in [1.54, 1.807) is 0 Å². The molecule has 0 atom stereocenters. The Balaban J connectivity index is 2.07. The third-order valence-corrected chi connectivity index (χ3v) is 24.5. The fraction of sp³-hybridized carbons (Fsp3) is 0.458. The molecule has 0 heterocycles. The van der Waals surface area contributed by atoms with E-state index in [4.69, 9.17) is 17.0 Å². The van der Waals surface area contributed by atoms with Gasteiger partial charge in [-0.25, -0.2) is 0 Å². The van der Waals surface area contributed by atoms with Gasteiger partial charge in [-0.1, -0.05) is 0 Å². The van der Waals surface area contributed by atoms with Crippen molar-refractivity contribution in [1.29, 1.82) is 0 Å². The summed E-state index contributed by atoms with van der Waals surface area (Å²) >= 11 is -4.52. The van der Waals surface area contributed by atoms with Crippen LogP contribution in [0.15, 0.2) is 63.3 Å². The Hall–Kier alpha value is -0.227. The van der Waals surface area contributed by atoms with Gasteiger partial charge in [-0.2, -0.15) is 0 Å². The van der Waals surface area contributed by atoms with Crippen LogP contribution in [0.3, 0.4) is 0 Å². The van der Waals surface area contributed by atoms with E-state index < -0.39 is 15.9 Å². The zero-order valence-corrected chi connectivity index (χ0v) is 21.2. The normalized spacial score (nSPS) is 23.7. The second kappa shape index (κ2) is 6.65. The van der Waals surface area contributed by atoms with Gasteiger partial charge in [0.15, 0.2) is 0 Å². The van der Waals surface area contributed by atoms with Gasteiger partial charge >= 0.3 is 173 Å². The topological polar surface area (TPSA) is 0 Å². The molecule has 0 unspecified atom stereocenters. The quantitative estimate of drug-likeness (QED) is 0.373. The summed E-state index contributed by atoms with van der Waals surface area (Å²) in [6.45, 7) is 11.1. The SMILES string of the molecule is C[CH]=[Zr]([Cl])([Cl])([C]1=C2CCCC(C)=C2C=C1C)[C]1=C2CCCC(C)=C2C=C1C. The van der Waals surface area contributed by atoms with Crippen molar-refractivity contribution < 1.29 is 15.9 Å². The first-order chi connectivity index (χ1) is 12.7. The molecule has 0 amide bonds. The molecule has 0 saturated carbocycles. The second-order valence-electron chi connectivity index (χ2n) is 8.83. The standard InChI is InChI=1S/2C11H13.C2H4.2ClH.Zr/c2*1-8-6-10-5-3-4-9(2)11(10)7-8;1-2;;;/h2*7H,3-5H2,1-2H3;1H,2H3;2*1H;/q;;;;;+2/p-2. The van der Waals surface area contributed by atoms with Crippen molar-refractivity contribution in [3.63, 3.8) is 0 Å². The van der Waals surface area contributed by atoms with Gasteiger partial charge in [0.1, 0.15) is 0 Å². The Kier molecular flexibility index (Phi) is 4.94. The fourth-order valence-electron chi connectivity index (χ4n) is 5.80. The molecule has 4 aliphatic carbocycles. The predicted molar refractivity (Wildman–Crippen MR) is 118 cm³/mol. The number of halogens is 2. The molecule has 0 aromatic heterocycles. The van der Waals surface area contributed by atoms with E-state index in [2.05, 4.69) is 50.5 Å². The summed E-state index contributed by atoms with van der Waals surface area (Å²) in [6, 6.07) is 0. The number of allylic oxidation sites excluding steroid dienone is 12. The van der Waals surface area contributed by atoms with Gasteiger partial charge in [0.05, 0.1) is 0 Å². The van der Waals surface area contributed by atoms with E-state index in [-0.39, 0.29) is 0 Å². The summed E-state index contributed by atoms with van der Waals surface area (Å²) in [5.41, 5.74) is 11.4. The molecule has 4 aliphatic rings. The van der Waals surface area contributed by atoms with Crippen LogP contribution in [0, 0.1) is 0 Å². The van der Waals surface area contributed by atoms with Crippen LogP contribution in [-0.2, 0) is 15.9 Å². The van der Waals surface area contributed by atoms with Crippen LogP contribution in [-0.4, -0.2) is 3.71 Å². The first-order valence-corrected chi connectivity index (χ1v) is 20.5. The predicted octanol–water partition coefficient (Wildman–Crippen LogP) is 8.23. The Morgan fingerprint density at radius 1 is 0.741 bits per heavy atom. The van der Waals surface area contributed by atoms with Gasteiger partial charge in [0, 0.05) is 0 Å². The molecule has 0 spiro atoms. The van der Waals surface area contributed by atoms with Crippen molar-refractivity contribution in [2.75, 3.05) is 0 Å². The van der Waals surface area contributed by atoms with Crippen LogP contribution < -0.4 is 0 Å². The number of hydrogen-bond acceptors (Lipinski definition) is 0. The molecule has 0 nitrogen and oxygen atoms in total. The Labute approximate surface area is 172 Å². The Morgan fingerprint density at radius 3 is 1.52 bits per heavy atom. The molecule has 4 rings (SSSR count). The maximum absolute atomic E-state index is 7.79. The van der Waals surface area contributed by atoms with Gasteiger partial charge in [0.25, 0.3) is 0 Å². The van der Waals surface area contributed by atoms with Gasteiger partial charge in [-0.05, 0) is 0 Å². The zero-order chi connectivity index (χ0) is 19.6. The van der Waals surface area contributed by atoms with Crippen molar-refractivity contribution in [3.8, 4) is 0 Å². The summed E-state index contributed by atoms with van der Waals surface area (Å²) in [6.07, 6.45) is 11.8. The fourth-order valence-corrected chi connectivity index (χ4v) is 22.0. The van der Waals surface area contributed by atoms with Crippen molar-refractivity contribution in [3.05, 3.63) is 63.3 Å². The van der Waals surface area contributed by atoms with Gasteiger partial charge in [-0.3, -0.25) is 0 Å². The molecular weight excluding hydrogens is 450 g/mol. The van der Waals surface area contributed by atoms with Crippen molar-refractivity contribution in [1.82, 2.24) is 0 Å². The van der Waals surface area contributed by atoms with E-state index in [1.165, 1.54) is 76.8 Å². The van der Waals surface area contributed by atoms with E-state index in [1.807, 2.05) is 0 Å². The van der Waals surface area contributed by atoms with Crippen molar-refractivity contribution in [2.45, 2.75) is 73.1 Å². The van der Waals surface area contributed by atoms with E-state index in [9.17, 15) is 0 Å². The average Bonchev–Trinajstić information content (AvgIpc) is 3.14. The van der Waals surface area contributed by atoms with Crippen LogP contribution in [0.2, 0.25) is 0 Å². The van der Waals surface area contributed by atoms with Crippen molar-refractivity contribution in [2.24, 2.45) is 0 Å². The number of hydrogen-bond donors (Lipinski definition) is 0. The first-order valence-electron chi connectivity index (χ1n) is 10.3. The molecule has 0 N–H and O–H groups in total. The number of fused-ring (bicyclic) bond motifs is 2. The molecule has 0 aromatic carbocycles. The number of rotatable bonds is 2. The van der Waals surface area contributed by atoms with Gasteiger partial charge in [-0.15, -0.1) is 0 Å². The molecule has 0 saturated heterocycles. The van der Waals surface area contributed by atoms with E-state index in [0.29, 0.717) is 0 Å². The summed E-state index contributed by atoms with van der Waals surface area (Å²) < 4.78 is 4.90. The summed E-state index contributed by atoms with van der Waals surface area (Å²) in [5, 5.41) is 0. The summed E-state index contributed by atoms with van der Waals surface area (Å²) in [4.78, 5) is 0. The van der Waals surface area contributed by atoms with Crippen LogP contribution in [0.25, 0.3) is 0 Å². The van der Waals surface area contributed by atoms with Crippen LogP contribution in [0.1, 0.15) is 73.1 Å². The van der Waals surface area contributed by atoms with E-state index >= 15 is 0 Å². The van der Waals surface area contributed by atoms with Gasteiger partial charge in [0.2, 0.25) is 0 Å². The minimum atomic E-state index is -4.52. The minimum absolute atomic E-state index is 1.11. The molecule has 27 heavy (non-hydrogen) atoms. The monoisotopic (exact) mass is 478 g/mol. The Morgan fingerprint density at radius 2 is 1.15 bits per heavy atom. The second-order valence-corrected chi connectivity index (χ2v) is 28.5. The van der Waals surface area contributed by atoms with E-state index in [0.717, 1.165) is 12.8 Å². The first kappa shape index (κ1) is 20.1. The van der Waals surface area contributed by atoms with Crippen molar-refractivity contribution >= 4 is 20.7 Å². The molecule has 0 bridgehead atoms. The molecule has 0 aromatic rings. The molecule has 3 heteroatoms. The molecule has 0 aliphatic heterocycles. The Bertz CT molecular complexity index is 939. The molecular formula is C24H30Cl2Zr. The third-order valence-electron chi connectivity index (χ3n) is 7.06.